The molecule has 0 spiro atoms. The SMILES string of the molecule is Cc1occc1CN(C)C(CN)c1cc(Br)c(Cl)s1. The van der Waals surface area contributed by atoms with Crippen LogP contribution in [0, 0.1) is 6.92 Å². The van der Waals surface area contributed by atoms with Gasteiger partial charge < -0.3 is 10.2 Å². The number of thiophene rings is 1. The fourth-order valence-corrected chi connectivity index (χ4v) is 3.91. The fraction of sp³-hybridized carbons (Fsp3) is 0.385. The lowest BCUT2D eigenvalue weighted by atomic mass is 10.2. The van der Waals surface area contributed by atoms with Crippen LogP contribution in [-0.2, 0) is 6.54 Å². The number of rotatable bonds is 5. The first-order chi connectivity index (χ1) is 9.02. The minimum Gasteiger partial charge on any atom is -0.469 e. The van der Waals surface area contributed by atoms with Gasteiger partial charge in [-0.05, 0) is 42.0 Å². The van der Waals surface area contributed by atoms with Crippen molar-refractivity contribution in [3.8, 4) is 0 Å². The van der Waals surface area contributed by atoms with Gasteiger partial charge in [0.1, 0.15) is 10.1 Å². The highest BCUT2D eigenvalue weighted by molar-refractivity contribution is 9.10. The Hall–Kier alpha value is -0.330. The maximum Gasteiger partial charge on any atom is 0.107 e. The molecule has 0 aliphatic rings. The zero-order valence-electron chi connectivity index (χ0n) is 10.8. The molecule has 6 heteroatoms. The smallest absolute Gasteiger partial charge is 0.107 e. The van der Waals surface area contributed by atoms with Crippen molar-refractivity contribution in [1.29, 1.82) is 0 Å². The van der Waals surface area contributed by atoms with Crippen LogP contribution >= 0.6 is 38.9 Å². The average molecular weight is 364 g/mol. The Morgan fingerprint density at radius 2 is 2.32 bits per heavy atom. The molecule has 0 saturated heterocycles. The zero-order valence-corrected chi connectivity index (χ0v) is 14.0. The molecular formula is C13H16BrClN2OS. The normalized spacial score (nSPS) is 13.2. The molecule has 3 nitrogen and oxygen atoms in total. The first kappa shape index (κ1) is 15.1. The van der Waals surface area contributed by atoms with Crippen LogP contribution in [0.5, 0.6) is 0 Å². The number of hydrogen-bond donors (Lipinski definition) is 1. The van der Waals surface area contributed by atoms with Crippen LogP contribution in [0.4, 0.5) is 0 Å². The van der Waals surface area contributed by atoms with Gasteiger partial charge in [0, 0.05) is 28.0 Å². The van der Waals surface area contributed by atoms with Crippen LogP contribution < -0.4 is 5.73 Å². The van der Waals surface area contributed by atoms with Gasteiger partial charge in [-0.3, -0.25) is 4.90 Å². The van der Waals surface area contributed by atoms with Crippen LogP contribution in [-0.4, -0.2) is 18.5 Å². The molecule has 0 aliphatic carbocycles. The lowest BCUT2D eigenvalue weighted by molar-refractivity contribution is 0.243. The third-order valence-corrected chi connectivity index (χ3v) is 5.71. The van der Waals surface area contributed by atoms with Gasteiger partial charge in [-0.15, -0.1) is 11.3 Å². The highest BCUT2D eigenvalue weighted by Gasteiger charge is 2.20. The van der Waals surface area contributed by atoms with Crippen molar-refractivity contribution in [2.75, 3.05) is 13.6 Å². The van der Waals surface area contributed by atoms with Crippen molar-refractivity contribution in [3.63, 3.8) is 0 Å². The summed E-state index contributed by atoms with van der Waals surface area (Å²) in [4.78, 5) is 3.38. The number of likely N-dealkylation sites (N-methyl/N-ethyl adjacent to an activating group) is 1. The van der Waals surface area contributed by atoms with Crippen LogP contribution in [0.1, 0.15) is 22.2 Å². The van der Waals surface area contributed by atoms with Crippen LogP contribution in [0.2, 0.25) is 4.34 Å². The molecule has 0 fully saturated rings. The molecule has 2 aromatic rings. The summed E-state index contributed by atoms with van der Waals surface area (Å²) < 4.78 is 7.02. The quantitative estimate of drug-likeness (QED) is 0.866. The summed E-state index contributed by atoms with van der Waals surface area (Å²) in [5, 5.41) is 0. The van der Waals surface area contributed by atoms with E-state index < -0.39 is 0 Å². The highest BCUT2D eigenvalue weighted by atomic mass is 79.9. The van der Waals surface area contributed by atoms with Gasteiger partial charge in [0.05, 0.1) is 12.3 Å². The van der Waals surface area contributed by atoms with Crippen molar-refractivity contribution < 1.29 is 4.42 Å². The fourth-order valence-electron chi connectivity index (χ4n) is 2.00. The van der Waals surface area contributed by atoms with Crippen molar-refractivity contribution >= 4 is 38.9 Å². The van der Waals surface area contributed by atoms with E-state index in [4.69, 9.17) is 21.8 Å². The van der Waals surface area contributed by atoms with E-state index in [1.165, 1.54) is 10.4 Å². The van der Waals surface area contributed by atoms with Gasteiger partial charge in [0.25, 0.3) is 0 Å². The summed E-state index contributed by atoms with van der Waals surface area (Å²) >= 11 is 11.1. The summed E-state index contributed by atoms with van der Waals surface area (Å²) in [6.07, 6.45) is 1.72. The maximum absolute atomic E-state index is 6.10. The van der Waals surface area contributed by atoms with Crippen molar-refractivity contribution in [1.82, 2.24) is 4.90 Å². The molecule has 2 rings (SSSR count). The number of nitrogens with zero attached hydrogens (tertiary/aromatic N) is 1. The summed E-state index contributed by atoms with van der Waals surface area (Å²) in [6.45, 7) is 3.33. The molecule has 0 radical (unpaired) electrons. The molecule has 1 unspecified atom stereocenters. The van der Waals surface area contributed by atoms with E-state index >= 15 is 0 Å². The molecule has 0 aromatic carbocycles. The third-order valence-electron chi connectivity index (χ3n) is 3.13. The maximum atomic E-state index is 6.10. The Bertz CT molecular complexity index is 535. The first-order valence-electron chi connectivity index (χ1n) is 5.91. The molecule has 104 valence electrons. The van der Waals surface area contributed by atoms with E-state index in [-0.39, 0.29) is 6.04 Å². The number of halogens is 2. The molecule has 1 atom stereocenters. The molecule has 2 N–H and O–H groups in total. The van der Waals surface area contributed by atoms with Crippen molar-refractivity contribution in [3.05, 3.63) is 43.4 Å². The van der Waals surface area contributed by atoms with Gasteiger partial charge in [-0.25, -0.2) is 0 Å². The number of nitrogens with two attached hydrogens (primary N) is 1. The van der Waals surface area contributed by atoms with Gasteiger partial charge in [-0.2, -0.15) is 0 Å². The van der Waals surface area contributed by atoms with Gasteiger partial charge in [-0.1, -0.05) is 11.6 Å². The molecule has 0 amide bonds. The molecule has 19 heavy (non-hydrogen) atoms. The van der Waals surface area contributed by atoms with Crippen molar-refractivity contribution in [2.24, 2.45) is 5.73 Å². The van der Waals surface area contributed by atoms with E-state index in [2.05, 4.69) is 27.9 Å². The lowest BCUT2D eigenvalue weighted by Gasteiger charge is -2.25. The number of hydrogen-bond acceptors (Lipinski definition) is 4. The second kappa shape index (κ2) is 6.41. The molecule has 2 aromatic heterocycles. The summed E-state index contributed by atoms with van der Waals surface area (Å²) in [6, 6.07) is 4.20. The lowest BCUT2D eigenvalue weighted by Crippen LogP contribution is -2.29. The van der Waals surface area contributed by atoms with E-state index in [1.807, 2.05) is 19.1 Å². The highest BCUT2D eigenvalue weighted by Crippen LogP contribution is 2.36. The van der Waals surface area contributed by atoms with Crippen LogP contribution in [0.3, 0.4) is 0 Å². The predicted octanol–water partition coefficient (Wildman–Crippen LogP) is 4.20. The first-order valence-corrected chi connectivity index (χ1v) is 7.89. The van der Waals surface area contributed by atoms with E-state index in [1.54, 1.807) is 17.6 Å². The van der Waals surface area contributed by atoms with Gasteiger partial charge in [0.15, 0.2) is 0 Å². The molecular weight excluding hydrogens is 348 g/mol. The minimum absolute atomic E-state index is 0.156. The standard InChI is InChI=1S/C13H16BrClN2OS/c1-8-9(3-4-18-8)7-17(2)11(6-16)12-5-10(14)13(15)19-12/h3-5,11H,6-7,16H2,1-2H3. The Labute approximate surface area is 130 Å². The van der Waals surface area contributed by atoms with E-state index in [0.717, 1.165) is 21.1 Å². The Morgan fingerprint density at radius 1 is 1.58 bits per heavy atom. The summed E-state index contributed by atoms with van der Waals surface area (Å²) in [5.41, 5.74) is 7.10. The molecule has 0 saturated carbocycles. The molecule has 0 aliphatic heterocycles. The molecule has 0 bridgehead atoms. The second-order valence-corrected chi connectivity index (χ2v) is 6.98. The van der Waals surface area contributed by atoms with Crippen LogP contribution in [0.25, 0.3) is 0 Å². The zero-order chi connectivity index (χ0) is 14.0. The Kier molecular flexibility index (Phi) is 5.09. The topological polar surface area (TPSA) is 42.4 Å². The predicted molar refractivity (Wildman–Crippen MR) is 83.7 cm³/mol. The summed E-state index contributed by atoms with van der Waals surface area (Å²) in [5.74, 6) is 0.952. The van der Waals surface area contributed by atoms with E-state index in [0.29, 0.717) is 6.54 Å². The number of aryl methyl sites for hydroxylation is 1. The average Bonchev–Trinajstić information content (AvgIpc) is 2.89. The van der Waals surface area contributed by atoms with Crippen molar-refractivity contribution in [2.45, 2.75) is 19.5 Å². The molecule has 2 heterocycles. The Balaban J connectivity index is 2.15. The van der Waals surface area contributed by atoms with Gasteiger partial charge in [0.2, 0.25) is 0 Å². The largest absolute Gasteiger partial charge is 0.469 e. The second-order valence-electron chi connectivity index (χ2n) is 4.44. The Morgan fingerprint density at radius 3 is 2.79 bits per heavy atom. The number of furan rings is 1. The third kappa shape index (κ3) is 3.41. The van der Waals surface area contributed by atoms with E-state index in [9.17, 15) is 0 Å². The minimum atomic E-state index is 0.156. The monoisotopic (exact) mass is 362 g/mol. The van der Waals surface area contributed by atoms with Crippen LogP contribution in [0.15, 0.2) is 27.3 Å². The van der Waals surface area contributed by atoms with Gasteiger partial charge >= 0.3 is 0 Å². The summed E-state index contributed by atoms with van der Waals surface area (Å²) in [7, 11) is 2.06.